The van der Waals surface area contributed by atoms with Crippen LogP contribution in [0.1, 0.15) is 12.2 Å². The van der Waals surface area contributed by atoms with Gasteiger partial charge in [-0.05, 0) is 24.6 Å². The molecule has 2 heterocycles. The molecule has 24 heavy (non-hydrogen) atoms. The topological polar surface area (TPSA) is 104 Å². The number of aromatic nitrogens is 3. The summed E-state index contributed by atoms with van der Waals surface area (Å²) in [5, 5.41) is 15.7. The predicted octanol–water partition coefficient (Wildman–Crippen LogP) is 0.725. The van der Waals surface area contributed by atoms with Gasteiger partial charge in [-0.1, -0.05) is 17.7 Å². The normalized spacial score (nSPS) is 16.9. The van der Waals surface area contributed by atoms with E-state index in [2.05, 4.69) is 15.4 Å². The number of rotatable bonds is 4. The number of carbonyl (C=O) groups is 2. The second-order valence-electron chi connectivity index (χ2n) is 5.26. The molecule has 1 atom stereocenters. The van der Waals surface area contributed by atoms with Crippen LogP contribution < -0.4 is 10.2 Å². The molecule has 0 saturated carbocycles. The average Bonchev–Trinajstić information content (AvgIpc) is 3.15. The molecule has 1 aliphatic heterocycles. The SMILES string of the molecule is N#Cc1ncn(CC(=O)NC2CCN(c3cccc(Cl)c3)C2=O)n1. The summed E-state index contributed by atoms with van der Waals surface area (Å²) in [6, 6.07) is 8.21. The number of nitrogens with one attached hydrogen (secondary N) is 1. The van der Waals surface area contributed by atoms with Crippen molar-refractivity contribution in [1.29, 1.82) is 5.26 Å². The van der Waals surface area contributed by atoms with Crippen molar-refractivity contribution in [3.63, 3.8) is 0 Å². The van der Waals surface area contributed by atoms with Gasteiger partial charge in [-0.25, -0.2) is 9.67 Å². The van der Waals surface area contributed by atoms with E-state index in [1.807, 2.05) is 0 Å². The lowest BCUT2D eigenvalue weighted by Gasteiger charge is -2.17. The maximum absolute atomic E-state index is 12.4. The second-order valence-corrected chi connectivity index (χ2v) is 5.69. The molecule has 0 radical (unpaired) electrons. The predicted molar refractivity (Wildman–Crippen MR) is 85.1 cm³/mol. The fourth-order valence-electron chi connectivity index (χ4n) is 2.52. The minimum Gasteiger partial charge on any atom is -0.343 e. The lowest BCUT2D eigenvalue weighted by Crippen LogP contribution is -2.42. The van der Waals surface area contributed by atoms with Crippen molar-refractivity contribution >= 4 is 29.1 Å². The Morgan fingerprint density at radius 1 is 1.50 bits per heavy atom. The van der Waals surface area contributed by atoms with E-state index in [0.717, 1.165) is 0 Å². The number of anilines is 1. The van der Waals surface area contributed by atoms with Gasteiger partial charge in [0, 0.05) is 17.3 Å². The van der Waals surface area contributed by atoms with Crippen molar-refractivity contribution in [2.45, 2.75) is 19.0 Å². The molecule has 1 aromatic carbocycles. The van der Waals surface area contributed by atoms with E-state index >= 15 is 0 Å². The molecule has 0 spiro atoms. The van der Waals surface area contributed by atoms with E-state index in [1.54, 1.807) is 35.2 Å². The number of carbonyl (C=O) groups excluding carboxylic acids is 2. The molecule has 1 aliphatic rings. The molecule has 1 fully saturated rings. The van der Waals surface area contributed by atoms with Crippen molar-refractivity contribution in [2.75, 3.05) is 11.4 Å². The van der Waals surface area contributed by atoms with Crippen molar-refractivity contribution < 1.29 is 9.59 Å². The highest BCUT2D eigenvalue weighted by molar-refractivity contribution is 6.31. The quantitative estimate of drug-likeness (QED) is 0.880. The van der Waals surface area contributed by atoms with Gasteiger partial charge in [-0.15, -0.1) is 5.10 Å². The van der Waals surface area contributed by atoms with Crippen LogP contribution in [0.25, 0.3) is 0 Å². The number of halogens is 1. The summed E-state index contributed by atoms with van der Waals surface area (Å²) < 4.78 is 1.25. The summed E-state index contributed by atoms with van der Waals surface area (Å²) in [6.07, 6.45) is 1.81. The molecule has 1 unspecified atom stereocenters. The smallest absolute Gasteiger partial charge is 0.252 e. The average molecular weight is 345 g/mol. The van der Waals surface area contributed by atoms with Crippen LogP contribution in [0, 0.1) is 11.3 Å². The Bertz CT molecular complexity index is 827. The Morgan fingerprint density at radius 3 is 3.04 bits per heavy atom. The fourth-order valence-corrected chi connectivity index (χ4v) is 2.71. The van der Waals surface area contributed by atoms with E-state index in [9.17, 15) is 9.59 Å². The molecule has 1 N–H and O–H groups in total. The molecule has 9 heteroatoms. The summed E-state index contributed by atoms with van der Waals surface area (Å²) in [4.78, 5) is 29.8. The lowest BCUT2D eigenvalue weighted by atomic mass is 10.2. The molecule has 3 rings (SSSR count). The zero-order valence-corrected chi connectivity index (χ0v) is 13.3. The van der Waals surface area contributed by atoms with Gasteiger partial charge in [0.05, 0.1) is 0 Å². The number of benzene rings is 1. The van der Waals surface area contributed by atoms with Crippen LogP contribution in [0.5, 0.6) is 0 Å². The van der Waals surface area contributed by atoms with E-state index in [1.165, 1.54) is 11.0 Å². The summed E-state index contributed by atoms with van der Waals surface area (Å²) in [5.74, 6) is -0.551. The summed E-state index contributed by atoms with van der Waals surface area (Å²) in [5.41, 5.74) is 0.708. The molecule has 0 aliphatic carbocycles. The molecule has 122 valence electrons. The van der Waals surface area contributed by atoms with Gasteiger partial charge in [0.2, 0.25) is 11.8 Å². The first-order valence-electron chi connectivity index (χ1n) is 7.22. The molecule has 0 bridgehead atoms. The van der Waals surface area contributed by atoms with Crippen LogP contribution in [0.3, 0.4) is 0 Å². The first kappa shape index (κ1) is 16.0. The number of nitrogens with zero attached hydrogens (tertiary/aromatic N) is 5. The third kappa shape index (κ3) is 3.36. The molecular formula is C15H13ClN6O2. The van der Waals surface area contributed by atoms with Crippen LogP contribution >= 0.6 is 11.6 Å². The van der Waals surface area contributed by atoms with Gasteiger partial charge in [-0.2, -0.15) is 5.26 Å². The molecular weight excluding hydrogens is 332 g/mol. The number of hydrogen-bond acceptors (Lipinski definition) is 5. The largest absolute Gasteiger partial charge is 0.343 e. The maximum atomic E-state index is 12.4. The van der Waals surface area contributed by atoms with Gasteiger partial charge in [0.15, 0.2) is 0 Å². The minimum atomic E-state index is -0.588. The van der Waals surface area contributed by atoms with Gasteiger partial charge < -0.3 is 10.2 Å². The Hall–Kier alpha value is -2.92. The van der Waals surface area contributed by atoms with E-state index in [4.69, 9.17) is 16.9 Å². The molecule has 1 aromatic heterocycles. The van der Waals surface area contributed by atoms with Gasteiger partial charge in [0.1, 0.15) is 25.0 Å². The standard InChI is InChI=1S/C15H13ClN6O2/c16-10-2-1-3-11(6-10)22-5-4-12(15(22)24)19-14(23)8-21-9-18-13(7-17)20-21/h1-3,6,9,12H,4-5,8H2,(H,19,23). The highest BCUT2D eigenvalue weighted by atomic mass is 35.5. The first-order chi connectivity index (χ1) is 11.6. The summed E-state index contributed by atoms with van der Waals surface area (Å²) in [6.45, 7) is 0.404. The van der Waals surface area contributed by atoms with Crippen molar-refractivity contribution in [1.82, 2.24) is 20.1 Å². The molecule has 2 amide bonds. The molecule has 8 nitrogen and oxygen atoms in total. The Labute approximate surface area is 142 Å². The number of nitriles is 1. The lowest BCUT2D eigenvalue weighted by molar-refractivity contribution is -0.126. The van der Waals surface area contributed by atoms with Gasteiger partial charge >= 0.3 is 0 Å². The van der Waals surface area contributed by atoms with E-state index in [-0.39, 0.29) is 24.2 Å². The third-order valence-electron chi connectivity index (χ3n) is 3.60. The fraction of sp³-hybridized carbons (Fsp3) is 0.267. The monoisotopic (exact) mass is 344 g/mol. The summed E-state index contributed by atoms with van der Waals surface area (Å²) >= 11 is 5.95. The summed E-state index contributed by atoms with van der Waals surface area (Å²) in [7, 11) is 0. The van der Waals surface area contributed by atoms with Crippen molar-refractivity contribution in [3.8, 4) is 6.07 Å². The molecule has 2 aromatic rings. The van der Waals surface area contributed by atoms with Crippen LogP contribution in [0.2, 0.25) is 5.02 Å². The van der Waals surface area contributed by atoms with Crippen molar-refractivity contribution in [2.24, 2.45) is 0 Å². The van der Waals surface area contributed by atoms with Crippen LogP contribution in [0.4, 0.5) is 5.69 Å². The highest BCUT2D eigenvalue weighted by Crippen LogP contribution is 2.24. The Kier molecular flexibility index (Phi) is 4.44. The second kappa shape index (κ2) is 6.68. The first-order valence-corrected chi connectivity index (χ1v) is 7.60. The van der Waals surface area contributed by atoms with Crippen LogP contribution in [-0.4, -0.2) is 39.2 Å². The third-order valence-corrected chi connectivity index (χ3v) is 3.84. The van der Waals surface area contributed by atoms with E-state index in [0.29, 0.717) is 23.7 Å². The zero-order chi connectivity index (χ0) is 17.1. The molecule has 1 saturated heterocycles. The number of hydrogen-bond donors (Lipinski definition) is 1. The Balaban J connectivity index is 1.61. The van der Waals surface area contributed by atoms with Crippen LogP contribution in [0.15, 0.2) is 30.6 Å². The Morgan fingerprint density at radius 2 is 2.33 bits per heavy atom. The van der Waals surface area contributed by atoms with E-state index < -0.39 is 6.04 Å². The highest BCUT2D eigenvalue weighted by Gasteiger charge is 2.33. The van der Waals surface area contributed by atoms with Crippen molar-refractivity contribution in [3.05, 3.63) is 41.4 Å². The van der Waals surface area contributed by atoms with Crippen LogP contribution in [-0.2, 0) is 16.1 Å². The van der Waals surface area contributed by atoms with Gasteiger partial charge in [0.25, 0.3) is 5.82 Å². The van der Waals surface area contributed by atoms with Gasteiger partial charge in [-0.3, -0.25) is 9.59 Å². The zero-order valence-electron chi connectivity index (χ0n) is 12.5. The minimum absolute atomic E-state index is 0.00752. The maximum Gasteiger partial charge on any atom is 0.252 e. The number of amides is 2.